The Balaban J connectivity index is 1.44. The molecule has 40 heavy (non-hydrogen) atoms. The molecular weight excluding hydrogens is 521 g/mol. The van der Waals surface area contributed by atoms with Crippen LogP contribution in [0.5, 0.6) is 5.75 Å². The van der Waals surface area contributed by atoms with Gasteiger partial charge in [0.1, 0.15) is 17.7 Å². The van der Waals surface area contributed by atoms with Gasteiger partial charge in [0.05, 0.1) is 11.6 Å². The normalized spacial score (nSPS) is 23.4. The third-order valence-electron chi connectivity index (χ3n) is 8.04. The van der Waals surface area contributed by atoms with Crippen LogP contribution in [0.25, 0.3) is 0 Å². The van der Waals surface area contributed by atoms with Crippen molar-refractivity contribution < 1.29 is 28.6 Å². The van der Waals surface area contributed by atoms with Gasteiger partial charge in [-0.15, -0.1) is 0 Å². The van der Waals surface area contributed by atoms with Crippen LogP contribution in [-0.4, -0.2) is 56.2 Å². The van der Waals surface area contributed by atoms with E-state index in [2.05, 4.69) is 15.6 Å². The summed E-state index contributed by atoms with van der Waals surface area (Å²) in [7, 11) is 0. The van der Waals surface area contributed by atoms with Gasteiger partial charge in [0.25, 0.3) is 11.5 Å². The molecule has 2 bridgehead atoms. The van der Waals surface area contributed by atoms with Crippen molar-refractivity contribution in [3.05, 3.63) is 57.5 Å². The fraction of sp³-hybridized carbons (Fsp3) is 0.536. The highest BCUT2D eigenvalue weighted by Gasteiger charge is 2.48. The van der Waals surface area contributed by atoms with E-state index in [9.17, 15) is 28.7 Å². The fourth-order valence-corrected chi connectivity index (χ4v) is 5.97. The van der Waals surface area contributed by atoms with Gasteiger partial charge < -0.3 is 20.5 Å². The molecule has 12 heteroatoms. The van der Waals surface area contributed by atoms with Crippen molar-refractivity contribution in [3.63, 3.8) is 0 Å². The van der Waals surface area contributed by atoms with Gasteiger partial charge in [-0.2, -0.15) is 0 Å². The SMILES string of the molecule is CC(C)OC(=O)N1CCCC1C(=O)NC12CCC(CC1)Cn1c2nc(C(=O)NCc2ccc(F)cc2)c(O)c1=O. The molecule has 1 unspecified atom stereocenters. The molecule has 0 spiro atoms. The van der Waals surface area contributed by atoms with Crippen molar-refractivity contribution in [2.24, 2.45) is 5.92 Å². The second kappa shape index (κ2) is 10.9. The van der Waals surface area contributed by atoms with Crippen molar-refractivity contribution in [2.45, 2.75) is 83.1 Å². The maximum Gasteiger partial charge on any atom is 0.410 e. The first-order valence-corrected chi connectivity index (χ1v) is 13.7. The number of carbonyl (C=O) groups is 3. The van der Waals surface area contributed by atoms with E-state index in [1.165, 1.54) is 33.7 Å². The summed E-state index contributed by atoms with van der Waals surface area (Å²) in [5.74, 6) is -1.91. The molecule has 4 heterocycles. The highest BCUT2D eigenvalue weighted by atomic mass is 19.1. The number of halogens is 1. The molecule has 3 aliphatic heterocycles. The Morgan fingerprint density at radius 2 is 1.88 bits per heavy atom. The number of likely N-dealkylation sites (tertiary alicyclic amines) is 1. The Bertz CT molecular complexity index is 1370. The number of aromatic nitrogens is 2. The lowest BCUT2D eigenvalue weighted by Gasteiger charge is -2.38. The molecule has 1 aliphatic carbocycles. The van der Waals surface area contributed by atoms with Crippen LogP contribution in [0.4, 0.5) is 9.18 Å². The van der Waals surface area contributed by atoms with E-state index in [4.69, 9.17) is 4.74 Å². The minimum Gasteiger partial charge on any atom is -0.501 e. The predicted molar refractivity (Wildman–Crippen MR) is 141 cm³/mol. The molecule has 4 aliphatic rings. The number of hydrogen-bond acceptors (Lipinski definition) is 7. The van der Waals surface area contributed by atoms with Crippen molar-refractivity contribution in [1.29, 1.82) is 0 Å². The quantitative estimate of drug-likeness (QED) is 0.497. The van der Waals surface area contributed by atoms with Gasteiger partial charge >= 0.3 is 6.09 Å². The number of ether oxygens (including phenoxy) is 1. The highest BCUT2D eigenvalue weighted by Crippen LogP contribution is 2.43. The number of nitrogens with zero attached hydrogens (tertiary/aromatic N) is 3. The van der Waals surface area contributed by atoms with Crippen molar-refractivity contribution in [2.75, 3.05) is 6.54 Å². The maximum atomic E-state index is 13.6. The summed E-state index contributed by atoms with van der Waals surface area (Å²) in [6.07, 6.45) is 2.71. The molecule has 2 aromatic rings. The van der Waals surface area contributed by atoms with Crippen LogP contribution in [0.15, 0.2) is 29.1 Å². The Kier molecular flexibility index (Phi) is 7.52. The zero-order valence-corrected chi connectivity index (χ0v) is 22.6. The number of aromatic hydroxyl groups is 1. The molecule has 214 valence electrons. The first-order chi connectivity index (χ1) is 19.1. The second-order valence-electron chi connectivity index (χ2n) is 11.2. The standard InChI is InChI=1S/C28H34FN5O6/c1-16(2)40-27(39)33-13-3-4-20(33)23(36)32-28-11-9-18(10-12-28)15-34-25(38)22(35)21(31-26(28)34)24(37)30-14-17-5-7-19(29)8-6-17/h5-8,16,18,20,35H,3-4,9-15H2,1-2H3,(H,30,37)(H,32,36). The third kappa shape index (κ3) is 5.26. The topological polar surface area (TPSA) is 143 Å². The van der Waals surface area contributed by atoms with Crippen LogP contribution in [0, 0.1) is 11.7 Å². The summed E-state index contributed by atoms with van der Waals surface area (Å²) in [6.45, 7) is 4.25. The van der Waals surface area contributed by atoms with Crippen molar-refractivity contribution in [1.82, 2.24) is 25.1 Å². The fourth-order valence-electron chi connectivity index (χ4n) is 5.97. The third-order valence-corrected chi connectivity index (χ3v) is 8.04. The molecule has 3 amide bonds. The van der Waals surface area contributed by atoms with E-state index in [1.807, 2.05) is 0 Å². The number of benzene rings is 1. The summed E-state index contributed by atoms with van der Waals surface area (Å²) < 4.78 is 19.9. The van der Waals surface area contributed by atoms with E-state index >= 15 is 0 Å². The number of amides is 3. The highest BCUT2D eigenvalue weighted by molar-refractivity contribution is 5.94. The molecule has 1 atom stereocenters. The largest absolute Gasteiger partial charge is 0.501 e. The Morgan fingerprint density at radius 1 is 1.18 bits per heavy atom. The van der Waals surface area contributed by atoms with Gasteiger partial charge in [-0.05, 0) is 76.0 Å². The molecule has 6 rings (SSSR count). The molecule has 0 radical (unpaired) electrons. The minimum atomic E-state index is -1.04. The molecular formula is C28H34FN5O6. The predicted octanol–water partition coefficient (Wildman–Crippen LogP) is 2.54. The molecule has 1 saturated heterocycles. The first-order valence-electron chi connectivity index (χ1n) is 13.7. The lowest BCUT2D eigenvalue weighted by Crippen LogP contribution is -2.55. The Labute approximate surface area is 230 Å². The summed E-state index contributed by atoms with van der Waals surface area (Å²) in [4.78, 5) is 58.6. The van der Waals surface area contributed by atoms with Crippen molar-refractivity contribution >= 4 is 17.9 Å². The van der Waals surface area contributed by atoms with Gasteiger partial charge in [0, 0.05) is 19.6 Å². The van der Waals surface area contributed by atoms with Gasteiger partial charge in [-0.25, -0.2) is 14.2 Å². The zero-order valence-electron chi connectivity index (χ0n) is 22.6. The smallest absolute Gasteiger partial charge is 0.410 e. The van der Waals surface area contributed by atoms with Crippen LogP contribution < -0.4 is 16.2 Å². The van der Waals surface area contributed by atoms with Crippen molar-refractivity contribution in [3.8, 4) is 5.75 Å². The Morgan fingerprint density at radius 3 is 2.55 bits per heavy atom. The number of carbonyl (C=O) groups excluding carboxylic acids is 3. The lowest BCUT2D eigenvalue weighted by molar-refractivity contribution is -0.128. The summed E-state index contributed by atoms with van der Waals surface area (Å²) >= 11 is 0. The van der Waals surface area contributed by atoms with Crippen LogP contribution in [-0.2, 0) is 28.2 Å². The molecule has 1 saturated carbocycles. The lowest BCUT2D eigenvalue weighted by atomic mass is 9.77. The van der Waals surface area contributed by atoms with Gasteiger partial charge in [0.15, 0.2) is 5.69 Å². The minimum absolute atomic E-state index is 0.0343. The van der Waals surface area contributed by atoms with E-state index in [-0.39, 0.29) is 30.3 Å². The number of fused-ring (bicyclic) bond motifs is 2. The summed E-state index contributed by atoms with van der Waals surface area (Å²) in [5, 5.41) is 16.4. The van der Waals surface area contributed by atoms with Crippen LogP contribution in [0.2, 0.25) is 0 Å². The van der Waals surface area contributed by atoms with E-state index in [0.717, 1.165) is 12.8 Å². The second-order valence-corrected chi connectivity index (χ2v) is 11.2. The Hall–Kier alpha value is -3.96. The van der Waals surface area contributed by atoms with Crippen LogP contribution in [0.3, 0.4) is 0 Å². The zero-order chi connectivity index (χ0) is 28.6. The number of rotatable bonds is 6. The number of nitrogens with one attached hydrogen (secondary N) is 2. The van der Waals surface area contributed by atoms with Gasteiger partial charge in [-0.3, -0.25) is 23.9 Å². The molecule has 1 aromatic carbocycles. The molecule has 11 nitrogen and oxygen atoms in total. The summed E-state index contributed by atoms with van der Waals surface area (Å²) in [6, 6.07) is 4.84. The molecule has 2 fully saturated rings. The average molecular weight is 556 g/mol. The monoisotopic (exact) mass is 555 g/mol. The average Bonchev–Trinajstić information content (AvgIpc) is 3.31. The molecule has 3 N–H and O–H groups in total. The van der Waals surface area contributed by atoms with Crippen LogP contribution >= 0.6 is 0 Å². The van der Waals surface area contributed by atoms with E-state index in [0.29, 0.717) is 44.3 Å². The summed E-state index contributed by atoms with van der Waals surface area (Å²) in [5.41, 5.74) is -1.59. The van der Waals surface area contributed by atoms with E-state index in [1.54, 1.807) is 13.8 Å². The van der Waals surface area contributed by atoms with Gasteiger partial charge in [0.2, 0.25) is 11.7 Å². The maximum absolute atomic E-state index is 13.6. The van der Waals surface area contributed by atoms with E-state index < -0.39 is 46.4 Å². The number of hydrogen-bond donors (Lipinski definition) is 3. The molecule has 1 aromatic heterocycles. The van der Waals surface area contributed by atoms with Crippen LogP contribution in [0.1, 0.15) is 74.2 Å². The first kappa shape index (κ1) is 27.6. The van der Waals surface area contributed by atoms with Gasteiger partial charge in [-0.1, -0.05) is 12.1 Å².